The summed E-state index contributed by atoms with van der Waals surface area (Å²) in [6, 6.07) is 5.07. The van der Waals surface area contributed by atoms with Crippen LogP contribution < -0.4 is 5.73 Å². The van der Waals surface area contributed by atoms with Crippen LogP contribution in [0.15, 0.2) is 18.2 Å². The lowest BCUT2D eigenvalue weighted by Crippen LogP contribution is -2.37. The highest BCUT2D eigenvalue weighted by atomic mass is 16.3. The number of aliphatic hydroxyl groups is 1. The molecule has 0 aliphatic rings. The zero-order valence-electron chi connectivity index (χ0n) is 9.90. The number of carbonyl (C=O) groups is 1. The number of nitrogen functional groups attached to an aromatic ring is 1. The highest BCUT2D eigenvalue weighted by Crippen LogP contribution is 2.17. The minimum atomic E-state index is -0.201. The molecule has 1 atom stereocenters. The number of rotatable bonds is 3. The number of aliphatic hydroxyl groups excluding tert-OH is 1. The van der Waals surface area contributed by atoms with Crippen molar-refractivity contribution in [2.24, 2.45) is 0 Å². The average molecular weight is 222 g/mol. The lowest BCUT2D eigenvalue weighted by atomic mass is 10.1. The fraction of sp³-hybridized carbons (Fsp3) is 0.417. The van der Waals surface area contributed by atoms with Gasteiger partial charge < -0.3 is 15.7 Å². The van der Waals surface area contributed by atoms with Crippen molar-refractivity contribution >= 4 is 11.6 Å². The summed E-state index contributed by atoms with van der Waals surface area (Å²) in [5.74, 6) is -0.119. The van der Waals surface area contributed by atoms with E-state index < -0.39 is 0 Å². The Balaban J connectivity index is 3.01. The van der Waals surface area contributed by atoms with Crippen LogP contribution in [0.4, 0.5) is 5.69 Å². The summed E-state index contributed by atoms with van der Waals surface area (Å²) in [6.45, 7) is 3.56. The Morgan fingerprint density at radius 1 is 1.56 bits per heavy atom. The van der Waals surface area contributed by atoms with Crippen LogP contribution in [0.2, 0.25) is 0 Å². The number of likely N-dealkylation sites (N-methyl/N-ethyl adjacent to an activating group) is 1. The van der Waals surface area contributed by atoms with E-state index in [9.17, 15) is 4.79 Å². The highest BCUT2D eigenvalue weighted by Gasteiger charge is 2.18. The van der Waals surface area contributed by atoms with E-state index in [4.69, 9.17) is 10.8 Å². The van der Waals surface area contributed by atoms with Crippen LogP contribution in [0.1, 0.15) is 22.8 Å². The van der Waals surface area contributed by atoms with Crippen molar-refractivity contribution in [1.82, 2.24) is 4.90 Å². The first-order valence-corrected chi connectivity index (χ1v) is 5.22. The summed E-state index contributed by atoms with van der Waals surface area (Å²) in [6.07, 6.45) is 0. The highest BCUT2D eigenvalue weighted by molar-refractivity contribution is 5.96. The minimum Gasteiger partial charge on any atom is -0.398 e. The van der Waals surface area contributed by atoms with Gasteiger partial charge >= 0.3 is 0 Å². The van der Waals surface area contributed by atoms with Gasteiger partial charge in [-0.25, -0.2) is 0 Å². The fourth-order valence-electron chi connectivity index (χ4n) is 1.40. The standard InChI is InChI=1S/C12H18N2O2/c1-8(7-15)14(3)12(16)10-5-4-6-11(13)9(10)2/h4-6,8,15H,7,13H2,1-3H3. The lowest BCUT2D eigenvalue weighted by molar-refractivity contribution is 0.0681. The molecule has 1 aromatic carbocycles. The monoisotopic (exact) mass is 222 g/mol. The predicted octanol–water partition coefficient (Wildman–Crippen LogP) is 1.03. The van der Waals surface area contributed by atoms with Crippen molar-refractivity contribution in [1.29, 1.82) is 0 Å². The van der Waals surface area contributed by atoms with E-state index in [0.29, 0.717) is 11.3 Å². The number of hydrogen-bond acceptors (Lipinski definition) is 3. The van der Waals surface area contributed by atoms with Crippen molar-refractivity contribution in [2.75, 3.05) is 19.4 Å². The summed E-state index contributed by atoms with van der Waals surface area (Å²) in [7, 11) is 1.67. The molecule has 0 radical (unpaired) electrons. The Morgan fingerprint density at radius 2 is 2.19 bits per heavy atom. The SMILES string of the molecule is Cc1c(N)cccc1C(=O)N(C)C(C)CO. The molecule has 0 heterocycles. The molecule has 0 fully saturated rings. The van der Waals surface area contributed by atoms with Crippen LogP contribution in [0.25, 0.3) is 0 Å². The summed E-state index contributed by atoms with van der Waals surface area (Å²) in [4.78, 5) is 13.6. The number of benzene rings is 1. The summed E-state index contributed by atoms with van der Waals surface area (Å²) in [5.41, 5.74) is 7.72. The molecule has 0 aromatic heterocycles. The number of hydrogen-bond donors (Lipinski definition) is 2. The molecule has 0 saturated heterocycles. The fourth-order valence-corrected chi connectivity index (χ4v) is 1.40. The molecule has 4 heteroatoms. The summed E-state index contributed by atoms with van der Waals surface area (Å²) in [5, 5.41) is 9.01. The maximum absolute atomic E-state index is 12.1. The molecule has 1 amide bonds. The van der Waals surface area contributed by atoms with Gasteiger partial charge in [-0.3, -0.25) is 4.79 Å². The largest absolute Gasteiger partial charge is 0.398 e. The van der Waals surface area contributed by atoms with Gasteiger partial charge in [0, 0.05) is 18.3 Å². The van der Waals surface area contributed by atoms with Gasteiger partial charge in [-0.15, -0.1) is 0 Å². The van der Waals surface area contributed by atoms with Crippen molar-refractivity contribution in [3.8, 4) is 0 Å². The van der Waals surface area contributed by atoms with Crippen LogP contribution in [0, 0.1) is 6.92 Å². The van der Waals surface area contributed by atoms with E-state index in [1.54, 1.807) is 32.2 Å². The van der Waals surface area contributed by atoms with Gasteiger partial charge in [0.15, 0.2) is 0 Å². The van der Waals surface area contributed by atoms with Gasteiger partial charge in [0.2, 0.25) is 0 Å². The van der Waals surface area contributed by atoms with E-state index in [1.807, 2.05) is 6.92 Å². The molecule has 1 aromatic rings. The smallest absolute Gasteiger partial charge is 0.254 e. The van der Waals surface area contributed by atoms with Gasteiger partial charge in [0.25, 0.3) is 5.91 Å². The summed E-state index contributed by atoms with van der Waals surface area (Å²) >= 11 is 0. The summed E-state index contributed by atoms with van der Waals surface area (Å²) < 4.78 is 0. The van der Waals surface area contributed by atoms with E-state index >= 15 is 0 Å². The Kier molecular flexibility index (Phi) is 3.90. The van der Waals surface area contributed by atoms with Crippen molar-refractivity contribution in [3.05, 3.63) is 29.3 Å². The average Bonchev–Trinajstić information content (AvgIpc) is 2.29. The van der Waals surface area contributed by atoms with E-state index in [0.717, 1.165) is 5.56 Å². The van der Waals surface area contributed by atoms with E-state index in [1.165, 1.54) is 4.90 Å². The zero-order valence-corrected chi connectivity index (χ0v) is 9.90. The van der Waals surface area contributed by atoms with Gasteiger partial charge in [0.05, 0.1) is 12.6 Å². The van der Waals surface area contributed by atoms with Gasteiger partial charge in [0.1, 0.15) is 0 Å². The van der Waals surface area contributed by atoms with Crippen molar-refractivity contribution in [3.63, 3.8) is 0 Å². The van der Waals surface area contributed by atoms with Crippen LogP contribution in [0.3, 0.4) is 0 Å². The number of nitrogens with two attached hydrogens (primary N) is 1. The third kappa shape index (κ3) is 2.33. The van der Waals surface area contributed by atoms with Crippen LogP contribution in [0.5, 0.6) is 0 Å². The Hall–Kier alpha value is -1.55. The molecule has 1 unspecified atom stereocenters. The molecule has 0 saturated carbocycles. The minimum absolute atomic E-state index is 0.0520. The quantitative estimate of drug-likeness (QED) is 0.751. The van der Waals surface area contributed by atoms with E-state index in [-0.39, 0.29) is 18.6 Å². The third-order valence-corrected chi connectivity index (χ3v) is 2.85. The molecule has 3 N–H and O–H groups in total. The van der Waals surface area contributed by atoms with Gasteiger partial charge in [-0.05, 0) is 31.5 Å². The first kappa shape index (κ1) is 12.5. The molecule has 1 rings (SSSR count). The van der Waals surface area contributed by atoms with E-state index in [2.05, 4.69) is 0 Å². The molecule has 0 spiro atoms. The molecule has 0 bridgehead atoms. The first-order valence-electron chi connectivity index (χ1n) is 5.22. The number of anilines is 1. The second-order valence-corrected chi connectivity index (χ2v) is 3.97. The molecule has 88 valence electrons. The lowest BCUT2D eigenvalue weighted by Gasteiger charge is -2.24. The second kappa shape index (κ2) is 4.99. The van der Waals surface area contributed by atoms with Crippen molar-refractivity contribution in [2.45, 2.75) is 19.9 Å². The molecule has 0 aliphatic heterocycles. The van der Waals surface area contributed by atoms with Gasteiger partial charge in [-0.1, -0.05) is 6.07 Å². The molecule has 16 heavy (non-hydrogen) atoms. The molecular weight excluding hydrogens is 204 g/mol. The molecule has 4 nitrogen and oxygen atoms in total. The Bertz CT molecular complexity index is 391. The molecule has 0 aliphatic carbocycles. The van der Waals surface area contributed by atoms with Crippen LogP contribution in [-0.4, -0.2) is 35.6 Å². The number of nitrogens with zero attached hydrogens (tertiary/aromatic N) is 1. The number of amides is 1. The van der Waals surface area contributed by atoms with Crippen LogP contribution >= 0.6 is 0 Å². The topological polar surface area (TPSA) is 66.6 Å². The zero-order chi connectivity index (χ0) is 12.3. The van der Waals surface area contributed by atoms with Crippen LogP contribution in [-0.2, 0) is 0 Å². The predicted molar refractivity (Wildman–Crippen MR) is 64.2 cm³/mol. The Morgan fingerprint density at radius 3 is 2.75 bits per heavy atom. The Labute approximate surface area is 95.7 Å². The second-order valence-electron chi connectivity index (χ2n) is 3.97. The maximum Gasteiger partial charge on any atom is 0.254 e. The van der Waals surface area contributed by atoms with Gasteiger partial charge in [-0.2, -0.15) is 0 Å². The maximum atomic E-state index is 12.1. The third-order valence-electron chi connectivity index (χ3n) is 2.85. The first-order chi connectivity index (χ1) is 7.49. The van der Waals surface area contributed by atoms with Crippen molar-refractivity contribution < 1.29 is 9.90 Å². The molecular formula is C12H18N2O2. The normalized spacial score (nSPS) is 12.2. The number of carbonyl (C=O) groups excluding carboxylic acids is 1.